The molecule has 0 aliphatic carbocycles. The predicted octanol–water partition coefficient (Wildman–Crippen LogP) is 6.58. The van der Waals surface area contributed by atoms with Crippen LogP contribution < -0.4 is 0 Å². The van der Waals surface area contributed by atoms with Crippen LogP contribution in [0, 0.1) is 11.3 Å². The Morgan fingerprint density at radius 1 is 1.30 bits per heavy atom. The fraction of sp³-hybridized carbons (Fsp3) is 0.500. The van der Waals surface area contributed by atoms with Crippen LogP contribution in [0.4, 0.5) is 0 Å². The average Bonchev–Trinajstić information content (AvgIpc) is 3.01. The third-order valence-electron chi connectivity index (χ3n) is 5.06. The van der Waals surface area contributed by atoms with Gasteiger partial charge in [0.15, 0.2) is 0 Å². The van der Waals surface area contributed by atoms with Gasteiger partial charge in [-0.15, -0.1) is 11.8 Å². The Morgan fingerprint density at radius 3 is 2.67 bits per heavy atom. The number of aromatic amines is 1. The molecule has 0 aromatic carbocycles. The van der Waals surface area contributed by atoms with Gasteiger partial charge in [0, 0.05) is 41.0 Å². The van der Waals surface area contributed by atoms with Crippen molar-refractivity contribution in [2.75, 3.05) is 18.8 Å². The van der Waals surface area contributed by atoms with E-state index >= 15 is 0 Å². The van der Waals surface area contributed by atoms with Crippen LogP contribution in [-0.2, 0) is 0 Å². The molecule has 3 heterocycles. The highest BCUT2D eigenvalue weighted by Gasteiger charge is 2.23. The Balaban J connectivity index is 1.48. The van der Waals surface area contributed by atoms with Gasteiger partial charge in [-0.1, -0.05) is 45.5 Å². The zero-order valence-electron chi connectivity index (χ0n) is 16.6. The van der Waals surface area contributed by atoms with E-state index in [0.717, 1.165) is 52.7 Å². The Bertz CT molecular complexity index is 826. The lowest BCUT2D eigenvalue weighted by Crippen LogP contribution is -2.34. The van der Waals surface area contributed by atoms with Crippen LogP contribution in [0.3, 0.4) is 0 Å². The number of hydrogen-bond acceptors (Lipinski definition) is 3. The van der Waals surface area contributed by atoms with Gasteiger partial charge >= 0.3 is 0 Å². The monoisotopic (exact) mass is 403 g/mol. The summed E-state index contributed by atoms with van der Waals surface area (Å²) in [6.45, 7) is 17.7. The summed E-state index contributed by atoms with van der Waals surface area (Å²) in [5.41, 5.74) is 3.68. The molecule has 2 aromatic heterocycles. The first-order valence-electron chi connectivity index (χ1n) is 9.60. The average molecular weight is 404 g/mol. The van der Waals surface area contributed by atoms with Gasteiger partial charge in [-0.05, 0) is 42.7 Å². The molecule has 0 unspecified atom stereocenters. The molecule has 0 spiro atoms. The van der Waals surface area contributed by atoms with Crippen molar-refractivity contribution in [1.82, 2.24) is 14.9 Å². The largest absolute Gasteiger partial charge is 0.375 e. The van der Waals surface area contributed by atoms with Crippen LogP contribution in [0.15, 0.2) is 37.2 Å². The van der Waals surface area contributed by atoms with Gasteiger partial charge in [0.1, 0.15) is 5.15 Å². The predicted molar refractivity (Wildman–Crippen MR) is 120 cm³/mol. The zero-order valence-corrected chi connectivity index (χ0v) is 18.2. The highest BCUT2D eigenvalue weighted by molar-refractivity contribution is 8.08. The molecular formula is C22H30ClN3S. The molecule has 1 aliphatic rings. The molecule has 1 saturated heterocycles. The van der Waals surface area contributed by atoms with Gasteiger partial charge in [0.25, 0.3) is 0 Å². The third-order valence-corrected chi connectivity index (χ3v) is 6.47. The fourth-order valence-corrected chi connectivity index (χ4v) is 4.78. The van der Waals surface area contributed by atoms with E-state index in [0.29, 0.717) is 10.6 Å². The number of allylic oxidation sites excluding steroid dienone is 1. The summed E-state index contributed by atoms with van der Waals surface area (Å²) in [7, 11) is 0. The highest BCUT2D eigenvalue weighted by Crippen LogP contribution is 2.33. The zero-order chi connectivity index (χ0) is 19.6. The van der Waals surface area contributed by atoms with E-state index in [-0.39, 0.29) is 0 Å². The van der Waals surface area contributed by atoms with Crippen LogP contribution in [0.25, 0.3) is 15.8 Å². The van der Waals surface area contributed by atoms with Crippen molar-refractivity contribution in [3.63, 3.8) is 0 Å². The number of hydrogen-bond donors (Lipinski definition) is 1. The SMILES string of the molecule is C=C(SCC1CCN(C(=C)CC(C)(C)C)CC1)c1cc2cnc(Cl)cc2[nH]1. The minimum Gasteiger partial charge on any atom is -0.375 e. The molecular weight excluding hydrogens is 374 g/mol. The van der Waals surface area contributed by atoms with Crippen LogP contribution in [0.2, 0.25) is 5.15 Å². The van der Waals surface area contributed by atoms with Gasteiger partial charge in [-0.3, -0.25) is 0 Å². The summed E-state index contributed by atoms with van der Waals surface area (Å²) in [6, 6.07) is 3.96. The Morgan fingerprint density at radius 2 is 2.00 bits per heavy atom. The van der Waals surface area contributed by atoms with Gasteiger partial charge < -0.3 is 9.88 Å². The molecule has 5 heteroatoms. The number of thioether (sulfide) groups is 1. The Kier molecular flexibility index (Phi) is 6.27. The molecule has 0 saturated carbocycles. The standard InChI is InChI=1S/C22H30ClN3S/c1-15(12-22(3,4)5)26-8-6-17(7-9-26)14-27-16(2)19-10-18-13-24-21(23)11-20(18)25-19/h10-11,13,17,25H,1-2,6-9,12,14H2,3-5H3. The summed E-state index contributed by atoms with van der Waals surface area (Å²) in [4.78, 5) is 11.1. The Labute approximate surface area is 172 Å². The number of H-pyrrole nitrogens is 1. The number of aromatic nitrogens is 2. The van der Waals surface area contributed by atoms with Crippen molar-refractivity contribution in [2.24, 2.45) is 11.3 Å². The minimum atomic E-state index is 0.306. The van der Waals surface area contributed by atoms with Crippen molar-refractivity contribution in [3.8, 4) is 0 Å². The van der Waals surface area contributed by atoms with E-state index in [1.165, 1.54) is 18.5 Å². The van der Waals surface area contributed by atoms with Crippen LogP contribution in [0.1, 0.15) is 45.7 Å². The maximum absolute atomic E-state index is 5.97. The highest BCUT2D eigenvalue weighted by atomic mass is 35.5. The van der Waals surface area contributed by atoms with Gasteiger partial charge in [0.05, 0.1) is 11.2 Å². The summed E-state index contributed by atoms with van der Waals surface area (Å²) in [5.74, 6) is 1.86. The van der Waals surface area contributed by atoms with Crippen LogP contribution in [-0.4, -0.2) is 33.7 Å². The van der Waals surface area contributed by atoms with E-state index in [2.05, 4.69) is 54.9 Å². The molecule has 3 rings (SSSR count). The molecule has 3 nitrogen and oxygen atoms in total. The Hall–Kier alpha value is -1.39. The molecule has 1 aliphatic heterocycles. The number of rotatable bonds is 6. The minimum absolute atomic E-state index is 0.306. The number of likely N-dealkylation sites (tertiary alicyclic amines) is 1. The summed E-state index contributed by atoms with van der Waals surface area (Å²) < 4.78 is 0. The molecule has 0 amide bonds. The van der Waals surface area contributed by atoms with Gasteiger partial charge in [-0.2, -0.15) is 0 Å². The second kappa shape index (κ2) is 8.32. The number of fused-ring (bicyclic) bond motifs is 1. The fourth-order valence-electron chi connectivity index (χ4n) is 3.59. The lowest BCUT2D eigenvalue weighted by molar-refractivity contribution is 0.218. The first-order valence-corrected chi connectivity index (χ1v) is 11.0. The molecule has 1 fully saturated rings. The number of halogens is 1. The van der Waals surface area contributed by atoms with Crippen LogP contribution in [0.5, 0.6) is 0 Å². The molecule has 0 atom stereocenters. The molecule has 146 valence electrons. The lowest BCUT2D eigenvalue weighted by Gasteiger charge is -2.36. The number of piperidine rings is 1. The van der Waals surface area contributed by atoms with E-state index in [4.69, 9.17) is 11.6 Å². The lowest BCUT2D eigenvalue weighted by atomic mass is 9.89. The summed E-state index contributed by atoms with van der Waals surface area (Å²) in [6.07, 6.45) is 5.34. The molecule has 2 aromatic rings. The summed E-state index contributed by atoms with van der Waals surface area (Å²) >= 11 is 7.83. The second-order valence-corrected chi connectivity index (χ2v) is 10.2. The van der Waals surface area contributed by atoms with Crippen molar-refractivity contribution in [1.29, 1.82) is 0 Å². The number of pyridine rings is 1. The normalized spacial score (nSPS) is 16.1. The molecule has 0 radical (unpaired) electrons. The smallest absolute Gasteiger partial charge is 0.131 e. The topological polar surface area (TPSA) is 31.9 Å². The van der Waals surface area contributed by atoms with Crippen molar-refractivity contribution in [3.05, 3.63) is 48.0 Å². The maximum Gasteiger partial charge on any atom is 0.131 e. The van der Waals surface area contributed by atoms with Crippen molar-refractivity contribution >= 4 is 39.2 Å². The van der Waals surface area contributed by atoms with Crippen LogP contribution >= 0.6 is 23.4 Å². The van der Waals surface area contributed by atoms with Crippen molar-refractivity contribution < 1.29 is 0 Å². The van der Waals surface area contributed by atoms with Crippen molar-refractivity contribution in [2.45, 2.75) is 40.0 Å². The molecule has 1 N–H and O–H groups in total. The molecule has 27 heavy (non-hydrogen) atoms. The van der Waals surface area contributed by atoms with Gasteiger partial charge in [0.2, 0.25) is 0 Å². The number of nitrogens with zero attached hydrogens (tertiary/aromatic N) is 2. The molecule has 0 bridgehead atoms. The van der Waals surface area contributed by atoms with E-state index in [1.807, 2.05) is 17.8 Å². The van der Waals surface area contributed by atoms with Gasteiger partial charge in [-0.25, -0.2) is 4.98 Å². The summed E-state index contributed by atoms with van der Waals surface area (Å²) in [5, 5.41) is 1.58. The first kappa shape index (κ1) is 20.3. The van der Waals surface area contributed by atoms with E-state index in [1.54, 1.807) is 6.20 Å². The number of nitrogens with one attached hydrogen (secondary N) is 1. The van der Waals surface area contributed by atoms with E-state index in [9.17, 15) is 0 Å². The first-order chi connectivity index (χ1) is 12.7. The van der Waals surface area contributed by atoms with E-state index < -0.39 is 0 Å². The maximum atomic E-state index is 5.97. The third kappa shape index (κ3) is 5.55. The quantitative estimate of drug-likeness (QED) is 0.552. The second-order valence-electron chi connectivity index (χ2n) is 8.75.